The molecule has 0 fully saturated rings. The summed E-state index contributed by atoms with van der Waals surface area (Å²) in [5, 5.41) is 0.677. The number of aromatic amines is 1. The summed E-state index contributed by atoms with van der Waals surface area (Å²) in [4.78, 5) is 26.9. The number of pyridine rings is 1. The third kappa shape index (κ3) is 1.21. The lowest BCUT2D eigenvalue weighted by Crippen LogP contribution is -2.22. The number of para-hydroxylation sites is 1. The fourth-order valence-corrected chi connectivity index (χ4v) is 2.30. The minimum Gasteiger partial charge on any atom is -0.352 e. The Labute approximate surface area is 92.1 Å². The van der Waals surface area contributed by atoms with Crippen LogP contribution < -0.4 is 5.43 Å². The first-order valence-electron chi connectivity index (χ1n) is 5.44. The SMILES string of the molecule is O=C1CCCc2c1[nH]c1ccccc1c2=O. The van der Waals surface area contributed by atoms with Gasteiger partial charge in [-0.15, -0.1) is 0 Å². The van der Waals surface area contributed by atoms with Gasteiger partial charge in [0.25, 0.3) is 0 Å². The fourth-order valence-electron chi connectivity index (χ4n) is 2.30. The molecule has 1 N–H and O–H groups in total. The maximum atomic E-state index is 12.1. The molecule has 3 nitrogen and oxygen atoms in total. The van der Waals surface area contributed by atoms with Crippen LogP contribution in [0.25, 0.3) is 10.9 Å². The molecule has 80 valence electrons. The molecule has 1 aliphatic carbocycles. The van der Waals surface area contributed by atoms with Gasteiger partial charge < -0.3 is 4.98 Å². The van der Waals surface area contributed by atoms with Crippen molar-refractivity contribution in [3.05, 3.63) is 45.7 Å². The predicted molar refractivity (Wildman–Crippen MR) is 61.8 cm³/mol. The molecule has 0 spiro atoms. The van der Waals surface area contributed by atoms with Gasteiger partial charge in [-0.2, -0.15) is 0 Å². The van der Waals surface area contributed by atoms with E-state index in [0.29, 0.717) is 29.5 Å². The predicted octanol–water partition coefficient (Wildman–Crippen LogP) is 2.05. The summed E-state index contributed by atoms with van der Waals surface area (Å²) in [7, 11) is 0. The lowest BCUT2D eigenvalue weighted by molar-refractivity contribution is 0.0967. The Bertz CT molecular complexity index is 640. The normalized spacial score (nSPS) is 15.1. The highest BCUT2D eigenvalue weighted by molar-refractivity contribution is 5.98. The van der Waals surface area contributed by atoms with E-state index in [1.807, 2.05) is 18.2 Å². The molecule has 1 aliphatic rings. The van der Waals surface area contributed by atoms with Crippen molar-refractivity contribution in [2.45, 2.75) is 19.3 Å². The van der Waals surface area contributed by atoms with E-state index in [1.54, 1.807) is 6.07 Å². The Morgan fingerprint density at radius 3 is 2.75 bits per heavy atom. The highest BCUT2D eigenvalue weighted by Crippen LogP contribution is 2.19. The van der Waals surface area contributed by atoms with Crippen LogP contribution in [-0.2, 0) is 6.42 Å². The number of H-pyrrole nitrogens is 1. The molecule has 0 unspecified atom stereocenters. The van der Waals surface area contributed by atoms with Crippen LogP contribution in [0.4, 0.5) is 0 Å². The number of ketones is 1. The molecule has 3 heteroatoms. The Kier molecular flexibility index (Phi) is 1.93. The number of fused-ring (bicyclic) bond motifs is 2. The Morgan fingerprint density at radius 2 is 1.88 bits per heavy atom. The fraction of sp³-hybridized carbons (Fsp3) is 0.231. The highest BCUT2D eigenvalue weighted by Gasteiger charge is 2.21. The first-order valence-corrected chi connectivity index (χ1v) is 5.44. The third-order valence-corrected chi connectivity index (χ3v) is 3.12. The van der Waals surface area contributed by atoms with E-state index in [-0.39, 0.29) is 11.2 Å². The van der Waals surface area contributed by atoms with E-state index in [0.717, 1.165) is 11.9 Å². The second kappa shape index (κ2) is 3.30. The van der Waals surface area contributed by atoms with Crippen LogP contribution in [0, 0.1) is 0 Å². The van der Waals surface area contributed by atoms with Gasteiger partial charge in [-0.1, -0.05) is 12.1 Å². The topological polar surface area (TPSA) is 49.9 Å². The van der Waals surface area contributed by atoms with E-state index < -0.39 is 0 Å². The minimum atomic E-state index is 0.0115. The Morgan fingerprint density at radius 1 is 1.06 bits per heavy atom. The number of carbonyl (C=O) groups is 1. The zero-order valence-corrected chi connectivity index (χ0v) is 8.75. The molecule has 0 atom stereocenters. The molecule has 0 amide bonds. The van der Waals surface area contributed by atoms with Crippen LogP contribution in [0.2, 0.25) is 0 Å². The third-order valence-electron chi connectivity index (χ3n) is 3.12. The molecular weight excluding hydrogens is 202 g/mol. The highest BCUT2D eigenvalue weighted by atomic mass is 16.1. The van der Waals surface area contributed by atoms with Crippen molar-refractivity contribution in [1.82, 2.24) is 4.98 Å². The first kappa shape index (κ1) is 9.33. The number of aromatic nitrogens is 1. The molecule has 0 bridgehead atoms. The van der Waals surface area contributed by atoms with Crippen molar-refractivity contribution in [2.24, 2.45) is 0 Å². The van der Waals surface area contributed by atoms with Crippen molar-refractivity contribution in [3.8, 4) is 0 Å². The summed E-state index contributed by atoms with van der Waals surface area (Å²) >= 11 is 0. The van der Waals surface area contributed by atoms with Crippen LogP contribution in [0.15, 0.2) is 29.1 Å². The molecular formula is C13H11NO2. The average Bonchev–Trinajstić information content (AvgIpc) is 2.31. The van der Waals surface area contributed by atoms with E-state index in [4.69, 9.17) is 0 Å². The molecule has 0 saturated carbocycles. The summed E-state index contributed by atoms with van der Waals surface area (Å²) in [6, 6.07) is 7.33. The maximum absolute atomic E-state index is 12.1. The largest absolute Gasteiger partial charge is 0.352 e. The molecule has 1 heterocycles. The zero-order valence-electron chi connectivity index (χ0n) is 8.75. The monoisotopic (exact) mass is 213 g/mol. The van der Waals surface area contributed by atoms with Crippen LogP contribution >= 0.6 is 0 Å². The van der Waals surface area contributed by atoms with Gasteiger partial charge in [-0.25, -0.2) is 0 Å². The standard InChI is InChI=1S/C13H11NO2/c15-11-7-3-5-9-12(11)14-10-6-2-1-4-8(10)13(9)16/h1-2,4,6H,3,5,7H2,(H,14,16). The maximum Gasteiger partial charge on any atom is 0.193 e. The number of hydrogen-bond donors (Lipinski definition) is 1. The Balaban J connectivity index is 2.45. The molecule has 1 aromatic heterocycles. The molecule has 1 aromatic carbocycles. The summed E-state index contributed by atoms with van der Waals surface area (Å²) < 4.78 is 0. The van der Waals surface area contributed by atoms with Gasteiger partial charge in [0.05, 0.1) is 5.69 Å². The molecule has 3 rings (SSSR count). The lowest BCUT2D eigenvalue weighted by atomic mass is 9.93. The van der Waals surface area contributed by atoms with Gasteiger partial charge >= 0.3 is 0 Å². The van der Waals surface area contributed by atoms with Gasteiger partial charge in [-0.05, 0) is 25.0 Å². The summed E-state index contributed by atoms with van der Waals surface area (Å²) in [5.74, 6) is 0.0594. The molecule has 16 heavy (non-hydrogen) atoms. The first-order chi connectivity index (χ1) is 7.77. The molecule has 0 saturated heterocycles. The summed E-state index contributed by atoms with van der Waals surface area (Å²) in [6.07, 6.45) is 2.04. The van der Waals surface area contributed by atoms with Crippen molar-refractivity contribution >= 4 is 16.7 Å². The van der Waals surface area contributed by atoms with Gasteiger partial charge in [0.15, 0.2) is 11.2 Å². The van der Waals surface area contributed by atoms with Gasteiger partial charge in [0.1, 0.15) is 0 Å². The van der Waals surface area contributed by atoms with Crippen molar-refractivity contribution in [2.75, 3.05) is 0 Å². The number of Topliss-reactive ketones (excluding diaryl/α,β-unsaturated/α-hetero) is 1. The van der Waals surface area contributed by atoms with Gasteiger partial charge in [0.2, 0.25) is 0 Å². The molecule has 0 aliphatic heterocycles. The number of nitrogens with one attached hydrogen (secondary N) is 1. The number of hydrogen-bond acceptors (Lipinski definition) is 2. The van der Waals surface area contributed by atoms with E-state index in [2.05, 4.69) is 4.98 Å². The van der Waals surface area contributed by atoms with E-state index in [9.17, 15) is 9.59 Å². The smallest absolute Gasteiger partial charge is 0.193 e. The number of carbonyl (C=O) groups excluding carboxylic acids is 1. The molecule has 0 radical (unpaired) electrons. The average molecular weight is 213 g/mol. The van der Waals surface area contributed by atoms with Crippen LogP contribution in [0.3, 0.4) is 0 Å². The molecule has 2 aromatic rings. The minimum absolute atomic E-state index is 0.0115. The van der Waals surface area contributed by atoms with Crippen molar-refractivity contribution in [1.29, 1.82) is 0 Å². The zero-order chi connectivity index (χ0) is 11.1. The van der Waals surface area contributed by atoms with Gasteiger partial charge in [-0.3, -0.25) is 9.59 Å². The van der Waals surface area contributed by atoms with Gasteiger partial charge in [0, 0.05) is 22.9 Å². The number of rotatable bonds is 0. The summed E-state index contributed by atoms with van der Waals surface area (Å²) in [6.45, 7) is 0. The second-order valence-electron chi connectivity index (χ2n) is 4.13. The van der Waals surface area contributed by atoms with E-state index >= 15 is 0 Å². The van der Waals surface area contributed by atoms with Crippen molar-refractivity contribution in [3.63, 3.8) is 0 Å². The van der Waals surface area contributed by atoms with Crippen LogP contribution in [0.5, 0.6) is 0 Å². The van der Waals surface area contributed by atoms with E-state index in [1.165, 1.54) is 0 Å². The Hall–Kier alpha value is -1.90. The van der Waals surface area contributed by atoms with Crippen molar-refractivity contribution < 1.29 is 4.79 Å². The summed E-state index contributed by atoms with van der Waals surface area (Å²) in [5.41, 5.74) is 1.95. The number of benzene rings is 1. The quantitative estimate of drug-likeness (QED) is 0.728. The van der Waals surface area contributed by atoms with Crippen LogP contribution in [-0.4, -0.2) is 10.8 Å². The second-order valence-corrected chi connectivity index (χ2v) is 4.13. The van der Waals surface area contributed by atoms with Crippen LogP contribution in [0.1, 0.15) is 28.9 Å². The lowest BCUT2D eigenvalue weighted by Gasteiger charge is -2.14.